The molecule has 1 saturated carbocycles. The average Bonchev–Trinajstić information content (AvgIpc) is 3.24. The minimum atomic E-state index is -0.632. The van der Waals surface area contributed by atoms with Crippen molar-refractivity contribution in [2.75, 3.05) is 26.5 Å². The Morgan fingerprint density at radius 3 is 2.89 bits per heavy atom. The van der Waals surface area contributed by atoms with E-state index in [-0.39, 0.29) is 24.4 Å². The lowest BCUT2D eigenvalue weighted by atomic mass is 10.1. The second-order valence-electron chi connectivity index (χ2n) is 4.71. The van der Waals surface area contributed by atoms with Crippen LogP contribution in [0.1, 0.15) is 17.9 Å². The molecule has 2 unspecified atom stereocenters. The van der Waals surface area contributed by atoms with Crippen molar-refractivity contribution in [1.29, 1.82) is 0 Å². The van der Waals surface area contributed by atoms with Crippen LogP contribution < -0.4 is 9.47 Å². The van der Waals surface area contributed by atoms with Crippen molar-refractivity contribution in [2.45, 2.75) is 12.3 Å². The molecule has 1 aromatic carbocycles. The molecule has 0 aromatic heterocycles. The molecule has 1 aliphatic heterocycles. The molecule has 3 rings (SSSR count). The van der Waals surface area contributed by atoms with Crippen molar-refractivity contribution in [3.05, 3.63) is 23.8 Å². The van der Waals surface area contributed by atoms with Crippen LogP contribution in [-0.2, 0) is 9.53 Å². The van der Waals surface area contributed by atoms with Crippen molar-refractivity contribution in [1.82, 2.24) is 0 Å². The van der Waals surface area contributed by atoms with Gasteiger partial charge in [0.05, 0.1) is 5.92 Å². The molecule has 1 aromatic rings. The lowest BCUT2D eigenvalue weighted by molar-refractivity contribution is -0.145. The van der Waals surface area contributed by atoms with E-state index >= 15 is 0 Å². The van der Waals surface area contributed by atoms with Crippen molar-refractivity contribution in [3.63, 3.8) is 0 Å². The van der Waals surface area contributed by atoms with Gasteiger partial charge in [-0.2, -0.15) is 0 Å². The highest BCUT2D eigenvalue weighted by atomic mass is 19.1. The number of esters is 1. The molecule has 0 radical (unpaired) electrons. The maximum atomic E-state index is 11.9. The summed E-state index contributed by atoms with van der Waals surface area (Å²) in [5.41, 5.74) is 1.05. The third-order valence-electron chi connectivity index (χ3n) is 3.41. The van der Waals surface area contributed by atoms with Crippen LogP contribution in [0.2, 0.25) is 0 Å². The molecule has 5 heteroatoms. The van der Waals surface area contributed by atoms with Crippen molar-refractivity contribution >= 4 is 5.97 Å². The van der Waals surface area contributed by atoms with Gasteiger partial charge in [0.15, 0.2) is 11.5 Å². The molecular formula is C14H15FO4. The van der Waals surface area contributed by atoms with Gasteiger partial charge in [0, 0.05) is 0 Å². The first-order valence-corrected chi connectivity index (χ1v) is 6.41. The molecule has 2 atom stereocenters. The minimum absolute atomic E-state index is 0.144. The summed E-state index contributed by atoms with van der Waals surface area (Å²) in [6.45, 7) is 0.327. The first-order valence-electron chi connectivity index (χ1n) is 6.41. The van der Waals surface area contributed by atoms with Crippen LogP contribution in [-0.4, -0.2) is 32.5 Å². The number of fused-ring (bicyclic) bond motifs is 1. The Morgan fingerprint density at radius 2 is 2.11 bits per heavy atom. The Bertz CT molecular complexity index is 488. The maximum absolute atomic E-state index is 11.9. The molecule has 2 aliphatic rings. The monoisotopic (exact) mass is 266 g/mol. The van der Waals surface area contributed by atoms with Crippen LogP contribution in [0.4, 0.5) is 4.39 Å². The molecule has 102 valence electrons. The number of alkyl halides is 1. The number of rotatable bonds is 4. The maximum Gasteiger partial charge on any atom is 0.309 e. The molecule has 0 amide bonds. The standard InChI is InChI=1S/C14H15FO4/c15-3-4-19-14(16)11-8-10(11)9-1-2-12-13(7-9)18-6-5-17-12/h1-2,7,10-11H,3-6,8H2. The number of hydrogen-bond acceptors (Lipinski definition) is 4. The Labute approximate surface area is 110 Å². The predicted molar refractivity (Wildman–Crippen MR) is 65.2 cm³/mol. The first kappa shape index (κ1) is 12.3. The van der Waals surface area contributed by atoms with E-state index in [1.54, 1.807) is 0 Å². The van der Waals surface area contributed by atoms with Gasteiger partial charge in [-0.15, -0.1) is 0 Å². The summed E-state index contributed by atoms with van der Waals surface area (Å²) in [7, 11) is 0. The number of hydrogen-bond donors (Lipinski definition) is 0. The van der Waals surface area contributed by atoms with Crippen LogP contribution in [0, 0.1) is 5.92 Å². The van der Waals surface area contributed by atoms with E-state index in [4.69, 9.17) is 14.2 Å². The summed E-state index contributed by atoms with van der Waals surface area (Å²) in [6.07, 6.45) is 0.755. The topological polar surface area (TPSA) is 44.8 Å². The van der Waals surface area contributed by atoms with Gasteiger partial charge in [-0.3, -0.25) is 4.79 Å². The van der Waals surface area contributed by atoms with E-state index in [9.17, 15) is 9.18 Å². The number of carbonyl (C=O) groups excluding carboxylic acids is 1. The largest absolute Gasteiger partial charge is 0.486 e. The predicted octanol–water partition coefficient (Wildman–Crippen LogP) is 2.07. The van der Waals surface area contributed by atoms with Crippen LogP contribution in [0.25, 0.3) is 0 Å². The van der Waals surface area contributed by atoms with E-state index in [0.717, 1.165) is 23.5 Å². The number of ether oxygens (including phenoxy) is 3. The van der Waals surface area contributed by atoms with Gasteiger partial charge in [0.1, 0.15) is 26.5 Å². The molecule has 1 fully saturated rings. The van der Waals surface area contributed by atoms with Crippen LogP contribution in [0.15, 0.2) is 18.2 Å². The average molecular weight is 266 g/mol. The molecule has 0 saturated heterocycles. The molecular weight excluding hydrogens is 251 g/mol. The summed E-state index contributed by atoms with van der Waals surface area (Å²) in [4.78, 5) is 11.6. The van der Waals surface area contributed by atoms with E-state index in [2.05, 4.69) is 0 Å². The van der Waals surface area contributed by atoms with E-state index < -0.39 is 6.67 Å². The van der Waals surface area contributed by atoms with Crippen molar-refractivity contribution in [3.8, 4) is 11.5 Å². The minimum Gasteiger partial charge on any atom is -0.486 e. The van der Waals surface area contributed by atoms with Crippen LogP contribution in [0.5, 0.6) is 11.5 Å². The Balaban J connectivity index is 1.66. The fourth-order valence-corrected chi connectivity index (χ4v) is 2.36. The van der Waals surface area contributed by atoms with Crippen LogP contribution in [0.3, 0.4) is 0 Å². The zero-order valence-corrected chi connectivity index (χ0v) is 10.4. The van der Waals surface area contributed by atoms with Crippen molar-refractivity contribution < 1.29 is 23.4 Å². The molecule has 0 N–H and O–H groups in total. The quantitative estimate of drug-likeness (QED) is 0.783. The molecule has 19 heavy (non-hydrogen) atoms. The highest BCUT2D eigenvalue weighted by Crippen LogP contribution is 2.49. The summed E-state index contributed by atoms with van der Waals surface area (Å²) in [5.74, 6) is 1.17. The summed E-state index contributed by atoms with van der Waals surface area (Å²) in [5, 5.41) is 0. The highest BCUT2D eigenvalue weighted by Gasteiger charge is 2.45. The second kappa shape index (κ2) is 5.07. The number of carbonyl (C=O) groups is 1. The Morgan fingerprint density at radius 1 is 1.32 bits per heavy atom. The molecule has 1 aliphatic carbocycles. The van der Waals surface area contributed by atoms with Gasteiger partial charge in [-0.1, -0.05) is 6.07 Å². The molecule has 0 bridgehead atoms. The van der Waals surface area contributed by atoms with Gasteiger partial charge in [0.25, 0.3) is 0 Å². The lowest BCUT2D eigenvalue weighted by Gasteiger charge is -2.18. The van der Waals surface area contributed by atoms with E-state index in [1.165, 1.54) is 0 Å². The molecule has 4 nitrogen and oxygen atoms in total. The second-order valence-corrected chi connectivity index (χ2v) is 4.71. The summed E-state index contributed by atoms with van der Waals surface area (Å²) in [6, 6.07) is 5.73. The summed E-state index contributed by atoms with van der Waals surface area (Å²) >= 11 is 0. The third-order valence-corrected chi connectivity index (χ3v) is 3.41. The van der Waals surface area contributed by atoms with Gasteiger partial charge in [-0.05, 0) is 30.0 Å². The SMILES string of the molecule is O=C(OCCF)C1CC1c1ccc2c(c1)OCCO2. The zero-order valence-electron chi connectivity index (χ0n) is 10.4. The Hall–Kier alpha value is -1.78. The van der Waals surface area contributed by atoms with Crippen molar-refractivity contribution in [2.24, 2.45) is 5.92 Å². The first-order chi connectivity index (χ1) is 9.29. The fourth-order valence-electron chi connectivity index (χ4n) is 2.36. The Kier molecular flexibility index (Phi) is 3.27. The highest BCUT2D eigenvalue weighted by molar-refractivity contribution is 5.77. The molecule has 0 spiro atoms. The zero-order chi connectivity index (χ0) is 13.2. The summed E-state index contributed by atoms with van der Waals surface area (Å²) < 4.78 is 27.7. The van der Waals surface area contributed by atoms with Gasteiger partial charge in [0.2, 0.25) is 0 Å². The third kappa shape index (κ3) is 2.50. The van der Waals surface area contributed by atoms with Crippen LogP contribution >= 0.6 is 0 Å². The van der Waals surface area contributed by atoms with Gasteiger partial charge < -0.3 is 14.2 Å². The lowest BCUT2D eigenvalue weighted by Crippen LogP contribution is -2.15. The number of halogens is 1. The fraction of sp³-hybridized carbons (Fsp3) is 0.500. The van der Waals surface area contributed by atoms with E-state index in [0.29, 0.717) is 13.2 Å². The van der Waals surface area contributed by atoms with E-state index in [1.807, 2.05) is 18.2 Å². The smallest absolute Gasteiger partial charge is 0.309 e. The van der Waals surface area contributed by atoms with Gasteiger partial charge >= 0.3 is 5.97 Å². The normalized spacial score (nSPS) is 23.8. The molecule has 1 heterocycles. The number of benzene rings is 1. The van der Waals surface area contributed by atoms with Gasteiger partial charge in [-0.25, -0.2) is 4.39 Å².